The molecule has 1 atom stereocenters. The Kier molecular flexibility index (Phi) is 5.30. The highest BCUT2D eigenvalue weighted by Crippen LogP contribution is 2.18. The minimum Gasteiger partial charge on any atom is -0.480 e. The maximum atomic E-state index is 11.9. The van der Waals surface area contributed by atoms with Crippen molar-refractivity contribution in [1.82, 2.24) is 5.32 Å². The highest BCUT2D eigenvalue weighted by atomic mass is 79.9. The van der Waals surface area contributed by atoms with Crippen molar-refractivity contribution < 1.29 is 19.8 Å². The van der Waals surface area contributed by atoms with Gasteiger partial charge in [0.15, 0.2) is 0 Å². The molecule has 0 bridgehead atoms. The molecule has 0 saturated heterocycles. The average Bonchev–Trinajstić information content (AvgIpc) is 2.27. The van der Waals surface area contributed by atoms with Crippen LogP contribution in [0.25, 0.3) is 0 Å². The van der Waals surface area contributed by atoms with E-state index in [0.717, 1.165) is 5.56 Å². The van der Waals surface area contributed by atoms with Gasteiger partial charge in [-0.2, -0.15) is 0 Å². The number of benzene rings is 1. The van der Waals surface area contributed by atoms with Gasteiger partial charge in [-0.25, -0.2) is 4.79 Å². The topological polar surface area (TPSA) is 86.6 Å². The molecule has 0 heterocycles. The second-order valence-corrected chi connectivity index (χ2v) is 4.71. The number of carboxylic acids is 1. The van der Waals surface area contributed by atoms with E-state index in [0.29, 0.717) is 10.0 Å². The van der Waals surface area contributed by atoms with Crippen LogP contribution in [0.2, 0.25) is 0 Å². The number of amides is 1. The van der Waals surface area contributed by atoms with Crippen LogP contribution >= 0.6 is 15.9 Å². The Morgan fingerprint density at radius 1 is 1.44 bits per heavy atom. The summed E-state index contributed by atoms with van der Waals surface area (Å²) in [6, 6.07) is 4.07. The molecule has 5 nitrogen and oxygen atoms in total. The van der Waals surface area contributed by atoms with Crippen molar-refractivity contribution in [2.75, 3.05) is 6.61 Å². The van der Waals surface area contributed by atoms with Crippen LogP contribution in [0.3, 0.4) is 0 Å². The number of carbonyl (C=O) groups is 2. The van der Waals surface area contributed by atoms with E-state index >= 15 is 0 Å². The standard InChI is InChI=1S/C12H14BrNO4/c1-7-2-3-8(9(13)6-7)11(16)14-10(4-5-15)12(17)18/h2-3,6,10,15H,4-5H2,1H3,(H,14,16)(H,17,18)/t10-/m1/s1. The normalized spacial score (nSPS) is 11.9. The third-order valence-electron chi connectivity index (χ3n) is 2.39. The molecule has 0 spiro atoms. The van der Waals surface area contributed by atoms with Gasteiger partial charge in [-0.15, -0.1) is 0 Å². The summed E-state index contributed by atoms with van der Waals surface area (Å²) in [5, 5.41) is 20.0. The highest BCUT2D eigenvalue weighted by molar-refractivity contribution is 9.10. The fraction of sp³-hybridized carbons (Fsp3) is 0.333. The Morgan fingerprint density at radius 3 is 2.61 bits per heavy atom. The number of hydrogen-bond acceptors (Lipinski definition) is 3. The summed E-state index contributed by atoms with van der Waals surface area (Å²) in [5.41, 5.74) is 1.35. The zero-order valence-electron chi connectivity index (χ0n) is 9.81. The Morgan fingerprint density at radius 2 is 2.11 bits per heavy atom. The van der Waals surface area contributed by atoms with Crippen molar-refractivity contribution in [3.63, 3.8) is 0 Å². The molecule has 1 aromatic carbocycles. The van der Waals surface area contributed by atoms with Gasteiger partial charge in [-0.3, -0.25) is 4.79 Å². The summed E-state index contributed by atoms with van der Waals surface area (Å²) in [6.07, 6.45) is -0.0233. The first kappa shape index (κ1) is 14.7. The van der Waals surface area contributed by atoms with Crippen molar-refractivity contribution in [3.05, 3.63) is 33.8 Å². The van der Waals surface area contributed by atoms with Gasteiger partial charge >= 0.3 is 5.97 Å². The van der Waals surface area contributed by atoms with Crippen LogP contribution in [0, 0.1) is 6.92 Å². The summed E-state index contributed by atoms with van der Waals surface area (Å²) in [6.45, 7) is 1.59. The molecule has 98 valence electrons. The molecule has 18 heavy (non-hydrogen) atoms. The van der Waals surface area contributed by atoms with Crippen molar-refractivity contribution in [2.24, 2.45) is 0 Å². The lowest BCUT2D eigenvalue weighted by molar-refractivity contribution is -0.139. The monoisotopic (exact) mass is 315 g/mol. The molecule has 0 fully saturated rings. The van der Waals surface area contributed by atoms with Gasteiger partial charge < -0.3 is 15.5 Å². The zero-order valence-corrected chi connectivity index (χ0v) is 11.4. The lowest BCUT2D eigenvalue weighted by Gasteiger charge is -2.14. The van der Waals surface area contributed by atoms with Crippen LogP contribution in [0.5, 0.6) is 0 Å². The Labute approximate surface area is 113 Å². The number of aliphatic hydroxyl groups excluding tert-OH is 1. The molecule has 0 radical (unpaired) electrons. The zero-order chi connectivity index (χ0) is 13.7. The molecule has 0 aliphatic heterocycles. The molecule has 0 aromatic heterocycles. The molecule has 0 aliphatic carbocycles. The third kappa shape index (κ3) is 3.82. The number of nitrogens with one attached hydrogen (secondary N) is 1. The summed E-state index contributed by atoms with van der Waals surface area (Å²) >= 11 is 3.26. The first-order chi connectivity index (χ1) is 8.45. The Balaban J connectivity index is 2.83. The number of halogens is 1. The first-order valence-corrected chi connectivity index (χ1v) is 6.15. The van der Waals surface area contributed by atoms with Gasteiger partial charge in [0.25, 0.3) is 5.91 Å². The third-order valence-corrected chi connectivity index (χ3v) is 3.05. The van der Waals surface area contributed by atoms with Gasteiger partial charge in [0.1, 0.15) is 6.04 Å². The maximum Gasteiger partial charge on any atom is 0.326 e. The van der Waals surface area contributed by atoms with Crippen LogP contribution in [0.4, 0.5) is 0 Å². The molecular weight excluding hydrogens is 302 g/mol. The molecule has 6 heteroatoms. The number of rotatable bonds is 5. The number of carboxylic acid groups (broad SMARTS) is 1. The molecule has 0 saturated carbocycles. The van der Waals surface area contributed by atoms with Crippen LogP contribution in [-0.4, -0.2) is 34.7 Å². The predicted octanol–water partition coefficient (Wildman–Crippen LogP) is 1.32. The van der Waals surface area contributed by atoms with E-state index in [1.807, 2.05) is 6.92 Å². The largest absolute Gasteiger partial charge is 0.480 e. The number of aryl methyl sites for hydroxylation is 1. The van der Waals surface area contributed by atoms with Gasteiger partial charge in [0, 0.05) is 17.5 Å². The number of aliphatic hydroxyl groups is 1. The van der Waals surface area contributed by atoms with E-state index in [1.165, 1.54) is 0 Å². The summed E-state index contributed by atoms with van der Waals surface area (Å²) < 4.78 is 0.605. The van der Waals surface area contributed by atoms with Crippen molar-refractivity contribution in [2.45, 2.75) is 19.4 Å². The lowest BCUT2D eigenvalue weighted by atomic mass is 10.1. The minimum atomic E-state index is -1.17. The summed E-state index contributed by atoms with van der Waals surface area (Å²) in [5.74, 6) is -1.65. The van der Waals surface area contributed by atoms with Crippen molar-refractivity contribution >= 4 is 27.8 Å². The fourth-order valence-corrected chi connectivity index (χ4v) is 2.10. The molecule has 1 amide bonds. The second-order valence-electron chi connectivity index (χ2n) is 3.86. The molecule has 0 aliphatic rings. The molecule has 3 N–H and O–H groups in total. The van der Waals surface area contributed by atoms with E-state index < -0.39 is 17.9 Å². The smallest absolute Gasteiger partial charge is 0.326 e. The second kappa shape index (κ2) is 6.51. The van der Waals surface area contributed by atoms with Crippen LogP contribution in [0.1, 0.15) is 22.3 Å². The van der Waals surface area contributed by atoms with E-state index in [4.69, 9.17) is 10.2 Å². The minimum absolute atomic E-state index is 0.0233. The lowest BCUT2D eigenvalue weighted by Crippen LogP contribution is -2.41. The fourth-order valence-electron chi connectivity index (χ4n) is 1.43. The predicted molar refractivity (Wildman–Crippen MR) is 69.5 cm³/mol. The number of hydrogen-bond donors (Lipinski definition) is 3. The van der Waals surface area contributed by atoms with Gasteiger partial charge in [0.2, 0.25) is 0 Å². The van der Waals surface area contributed by atoms with E-state index in [2.05, 4.69) is 21.2 Å². The number of aliphatic carboxylic acids is 1. The van der Waals surface area contributed by atoms with E-state index in [1.54, 1.807) is 18.2 Å². The summed E-state index contributed by atoms with van der Waals surface area (Å²) in [7, 11) is 0. The Hall–Kier alpha value is -1.40. The SMILES string of the molecule is Cc1ccc(C(=O)N[C@H](CCO)C(=O)O)c(Br)c1. The highest BCUT2D eigenvalue weighted by Gasteiger charge is 2.21. The van der Waals surface area contributed by atoms with Gasteiger partial charge in [0.05, 0.1) is 5.56 Å². The molecule has 0 unspecified atom stereocenters. The number of carbonyl (C=O) groups excluding carboxylic acids is 1. The van der Waals surface area contributed by atoms with E-state index in [9.17, 15) is 9.59 Å². The van der Waals surface area contributed by atoms with Gasteiger partial charge in [-0.05, 0) is 40.5 Å². The molecular formula is C12H14BrNO4. The van der Waals surface area contributed by atoms with Gasteiger partial charge in [-0.1, -0.05) is 6.07 Å². The van der Waals surface area contributed by atoms with Crippen molar-refractivity contribution in [3.8, 4) is 0 Å². The van der Waals surface area contributed by atoms with Crippen molar-refractivity contribution in [1.29, 1.82) is 0 Å². The van der Waals surface area contributed by atoms with Crippen LogP contribution in [-0.2, 0) is 4.79 Å². The van der Waals surface area contributed by atoms with Crippen LogP contribution in [0.15, 0.2) is 22.7 Å². The molecule has 1 rings (SSSR count). The maximum absolute atomic E-state index is 11.9. The molecule has 1 aromatic rings. The quantitative estimate of drug-likeness (QED) is 0.765. The van der Waals surface area contributed by atoms with Crippen LogP contribution < -0.4 is 5.32 Å². The first-order valence-electron chi connectivity index (χ1n) is 5.36. The summed E-state index contributed by atoms with van der Waals surface area (Å²) in [4.78, 5) is 22.7. The Bertz CT molecular complexity index is 461. The van der Waals surface area contributed by atoms with E-state index in [-0.39, 0.29) is 13.0 Å². The average molecular weight is 316 g/mol.